The number of rotatable bonds is 4. The number of anilines is 1. The van der Waals surface area contributed by atoms with Crippen LogP contribution in [0, 0.1) is 10.5 Å². The fourth-order valence-corrected chi connectivity index (χ4v) is 3.05. The molecule has 0 fully saturated rings. The van der Waals surface area contributed by atoms with Gasteiger partial charge in [0.15, 0.2) is 6.61 Å². The molecule has 23 heavy (non-hydrogen) atoms. The van der Waals surface area contributed by atoms with E-state index in [1.165, 1.54) is 12.1 Å². The van der Waals surface area contributed by atoms with Crippen LogP contribution in [-0.4, -0.2) is 18.5 Å². The zero-order valence-electron chi connectivity index (χ0n) is 12.0. The van der Waals surface area contributed by atoms with Crippen LogP contribution in [0.15, 0.2) is 36.4 Å². The van der Waals surface area contributed by atoms with Gasteiger partial charge in [-0.3, -0.25) is 4.79 Å². The van der Waals surface area contributed by atoms with E-state index in [0.29, 0.717) is 5.69 Å². The van der Waals surface area contributed by atoms with E-state index in [-0.39, 0.29) is 15.6 Å². The summed E-state index contributed by atoms with van der Waals surface area (Å²) in [5.41, 5.74) is 1.64. The first-order valence-electron chi connectivity index (χ1n) is 6.55. The predicted octanol–water partition coefficient (Wildman–Crippen LogP) is 4.70. The fourth-order valence-electron chi connectivity index (χ4n) is 1.85. The van der Waals surface area contributed by atoms with Gasteiger partial charge < -0.3 is 10.1 Å². The highest BCUT2D eigenvalue weighted by Gasteiger charge is 2.17. The van der Waals surface area contributed by atoms with Crippen molar-refractivity contribution in [3.05, 3.63) is 61.1 Å². The Bertz CT molecular complexity index is 745. The van der Waals surface area contributed by atoms with Crippen LogP contribution >= 0.6 is 45.8 Å². The predicted molar refractivity (Wildman–Crippen MR) is 99.3 cm³/mol. The van der Waals surface area contributed by atoms with Gasteiger partial charge in [-0.15, -0.1) is 0 Å². The minimum absolute atomic E-state index is 0.0501. The van der Waals surface area contributed by atoms with Gasteiger partial charge in [-0.2, -0.15) is 0 Å². The third kappa shape index (κ3) is 4.83. The molecule has 0 bridgehead atoms. The number of carbonyl (C=O) groups excluding carboxylic acids is 2. The zero-order chi connectivity index (χ0) is 17.0. The lowest BCUT2D eigenvalue weighted by Crippen LogP contribution is -2.21. The van der Waals surface area contributed by atoms with Gasteiger partial charge in [0.2, 0.25) is 0 Å². The maximum atomic E-state index is 12.0. The van der Waals surface area contributed by atoms with Crippen molar-refractivity contribution in [1.82, 2.24) is 0 Å². The van der Waals surface area contributed by atoms with E-state index in [1.54, 1.807) is 12.1 Å². The summed E-state index contributed by atoms with van der Waals surface area (Å²) in [6.45, 7) is 1.46. The van der Waals surface area contributed by atoms with Gasteiger partial charge in [0.1, 0.15) is 0 Å². The zero-order valence-corrected chi connectivity index (χ0v) is 15.7. The van der Waals surface area contributed by atoms with Crippen molar-refractivity contribution in [2.45, 2.75) is 6.92 Å². The van der Waals surface area contributed by atoms with Crippen LogP contribution in [0.5, 0.6) is 0 Å². The Morgan fingerprint density at radius 1 is 1.17 bits per heavy atom. The van der Waals surface area contributed by atoms with E-state index in [4.69, 9.17) is 27.9 Å². The minimum Gasteiger partial charge on any atom is -0.452 e. The van der Waals surface area contributed by atoms with Gasteiger partial charge >= 0.3 is 5.97 Å². The Kier molecular flexibility index (Phi) is 6.26. The summed E-state index contributed by atoms with van der Waals surface area (Å²) in [7, 11) is 0. The second kappa shape index (κ2) is 7.99. The van der Waals surface area contributed by atoms with E-state index >= 15 is 0 Å². The summed E-state index contributed by atoms with van der Waals surface area (Å²) in [5.74, 6) is -1.18. The van der Waals surface area contributed by atoms with Gasteiger partial charge in [-0.05, 0) is 65.4 Å². The molecule has 1 N–H and O–H groups in total. The van der Waals surface area contributed by atoms with Crippen LogP contribution in [0.4, 0.5) is 5.69 Å². The number of halogens is 3. The first-order valence-corrected chi connectivity index (χ1v) is 8.39. The van der Waals surface area contributed by atoms with Crippen LogP contribution in [0.25, 0.3) is 0 Å². The number of hydrogen-bond donors (Lipinski definition) is 1. The molecule has 7 heteroatoms. The third-order valence-corrected chi connectivity index (χ3v) is 4.26. The molecule has 2 rings (SSSR count). The molecule has 0 radical (unpaired) electrons. The smallest absolute Gasteiger partial charge is 0.341 e. The summed E-state index contributed by atoms with van der Waals surface area (Å²) >= 11 is 14.0. The van der Waals surface area contributed by atoms with E-state index in [9.17, 15) is 9.59 Å². The van der Waals surface area contributed by atoms with Gasteiger partial charge in [-0.1, -0.05) is 29.3 Å². The average Bonchev–Trinajstić information content (AvgIpc) is 2.48. The first kappa shape index (κ1) is 18.0. The molecule has 120 valence electrons. The Morgan fingerprint density at radius 3 is 2.43 bits per heavy atom. The summed E-state index contributed by atoms with van der Waals surface area (Å²) in [6, 6.07) is 10.3. The fraction of sp³-hybridized carbons (Fsp3) is 0.125. The number of ether oxygens (including phenoxy) is 1. The summed E-state index contributed by atoms with van der Waals surface area (Å²) < 4.78 is 6.03. The van der Waals surface area contributed by atoms with Crippen molar-refractivity contribution in [3.63, 3.8) is 0 Å². The Morgan fingerprint density at radius 2 is 1.83 bits per heavy atom. The topological polar surface area (TPSA) is 55.4 Å². The molecular weight excluding hydrogens is 452 g/mol. The summed E-state index contributed by atoms with van der Waals surface area (Å²) in [4.78, 5) is 23.9. The minimum atomic E-state index is -0.741. The highest BCUT2D eigenvalue weighted by molar-refractivity contribution is 14.1. The monoisotopic (exact) mass is 463 g/mol. The highest BCUT2D eigenvalue weighted by Crippen LogP contribution is 2.25. The molecule has 0 atom stereocenters. The van der Waals surface area contributed by atoms with Crippen LogP contribution in [0.1, 0.15) is 15.9 Å². The molecule has 0 heterocycles. The second-order valence-electron chi connectivity index (χ2n) is 4.68. The number of amides is 1. The molecule has 0 saturated heterocycles. The van der Waals surface area contributed by atoms with E-state index in [2.05, 4.69) is 27.9 Å². The summed E-state index contributed by atoms with van der Waals surface area (Å²) in [6.07, 6.45) is 0. The van der Waals surface area contributed by atoms with Gasteiger partial charge in [-0.25, -0.2) is 4.79 Å². The van der Waals surface area contributed by atoms with Crippen LogP contribution in [0.2, 0.25) is 10.0 Å². The lowest BCUT2D eigenvalue weighted by Gasteiger charge is -2.10. The maximum Gasteiger partial charge on any atom is 0.341 e. The molecule has 2 aromatic rings. The number of nitrogens with one attached hydrogen (secondary N) is 1. The van der Waals surface area contributed by atoms with Crippen molar-refractivity contribution in [2.24, 2.45) is 0 Å². The lowest BCUT2D eigenvalue weighted by atomic mass is 10.2. The molecule has 0 saturated carbocycles. The van der Waals surface area contributed by atoms with Crippen LogP contribution in [0.3, 0.4) is 0 Å². The lowest BCUT2D eigenvalue weighted by molar-refractivity contribution is -0.119. The molecule has 0 aliphatic rings. The number of benzene rings is 2. The molecule has 1 amide bonds. The number of aryl methyl sites for hydroxylation is 1. The maximum absolute atomic E-state index is 12.0. The molecular formula is C16H12Cl2INO3. The largest absolute Gasteiger partial charge is 0.452 e. The van der Waals surface area contributed by atoms with Gasteiger partial charge in [0.05, 0.1) is 15.6 Å². The molecule has 4 nitrogen and oxygen atoms in total. The average molecular weight is 464 g/mol. The van der Waals surface area contributed by atoms with Gasteiger partial charge in [0.25, 0.3) is 5.91 Å². The van der Waals surface area contributed by atoms with Crippen molar-refractivity contribution in [2.75, 3.05) is 11.9 Å². The third-order valence-electron chi connectivity index (χ3n) is 2.96. The number of hydrogen-bond acceptors (Lipinski definition) is 3. The first-order chi connectivity index (χ1) is 10.9. The van der Waals surface area contributed by atoms with Gasteiger partial charge in [0, 0.05) is 9.26 Å². The molecule has 0 spiro atoms. The standard InChI is InChI=1S/C16H12Cl2INO3/c1-9-7-10(19)5-6-13(9)20-14(21)8-23-16(22)15-11(17)3-2-4-12(15)18/h2-7H,8H2,1H3,(H,20,21). The normalized spacial score (nSPS) is 10.3. The van der Waals surface area contributed by atoms with Crippen molar-refractivity contribution >= 4 is 63.4 Å². The van der Waals surface area contributed by atoms with Crippen molar-refractivity contribution < 1.29 is 14.3 Å². The van der Waals surface area contributed by atoms with E-state index in [1.807, 2.05) is 19.1 Å². The number of carbonyl (C=O) groups is 2. The Labute approximate surface area is 157 Å². The van der Waals surface area contributed by atoms with Crippen LogP contribution < -0.4 is 5.32 Å². The van der Waals surface area contributed by atoms with E-state index < -0.39 is 18.5 Å². The Balaban J connectivity index is 1.98. The molecule has 0 aromatic heterocycles. The Hall–Kier alpha value is -1.31. The molecule has 0 unspecified atom stereocenters. The molecule has 2 aromatic carbocycles. The quantitative estimate of drug-likeness (QED) is 0.528. The number of esters is 1. The van der Waals surface area contributed by atoms with Crippen molar-refractivity contribution in [3.8, 4) is 0 Å². The molecule has 0 aliphatic heterocycles. The van der Waals surface area contributed by atoms with Crippen LogP contribution in [-0.2, 0) is 9.53 Å². The summed E-state index contributed by atoms with van der Waals surface area (Å²) in [5, 5.41) is 3.04. The van der Waals surface area contributed by atoms with Crippen molar-refractivity contribution in [1.29, 1.82) is 0 Å². The van der Waals surface area contributed by atoms with E-state index in [0.717, 1.165) is 9.13 Å². The molecule has 0 aliphatic carbocycles. The SMILES string of the molecule is Cc1cc(I)ccc1NC(=O)COC(=O)c1c(Cl)cccc1Cl. The highest BCUT2D eigenvalue weighted by atomic mass is 127. The second-order valence-corrected chi connectivity index (χ2v) is 6.74.